The molecule has 7 heteroatoms. The molecule has 1 unspecified atom stereocenters. The summed E-state index contributed by atoms with van der Waals surface area (Å²) in [4.78, 5) is 27.2. The van der Waals surface area contributed by atoms with Crippen molar-refractivity contribution in [2.45, 2.75) is 68.5 Å². The van der Waals surface area contributed by atoms with Gasteiger partial charge in [-0.3, -0.25) is 15.0 Å². The standard InChI is InChI=1S/C24H31N3O4/c1-14(2)6-9-27-12-16-11-22(18-10-17(28)5-4-15(18)3)13-23(20(29)25-21(30)26-23)7-8-24(22,31)19(16)27/h4-5,10,16,19,28,31H,1,6-9,11-13H2,2-3H3,(H2,25,26,29,30)/t16?,19-,22-,23+,24-/m1/s1. The first-order chi connectivity index (χ1) is 14.6. The Morgan fingerprint density at radius 1 is 1.32 bits per heavy atom. The van der Waals surface area contributed by atoms with Gasteiger partial charge in [-0.15, -0.1) is 6.58 Å². The van der Waals surface area contributed by atoms with Crippen LogP contribution in [0.25, 0.3) is 0 Å². The fourth-order valence-corrected chi connectivity index (χ4v) is 7.03. The number of rotatable bonds is 4. The topological polar surface area (TPSA) is 102 Å². The van der Waals surface area contributed by atoms with E-state index in [1.54, 1.807) is 12.1 Å². The Hall–Kier alpha value is -2.38. The minimum Gasteiger partial charge on any atom is -0.508 e. The van der Waals surface area contributed by atoms with Gasteiger partial charge in [-0.2, -0.15) is 0 Å². The summed E-state index contributed by atoms with van der Waals surface area (Å²) in [7, 11) is 0. The molecule has 1 spiro atoms. The van der Waals surface area contributed by atoms with E-state index in [1.807, 2.05) is 19.9 Å². The van der Waals surface area contributed by atoms with Crippen molar-refractivity contribution in [3.8, 4) is 5.75 Å². The number of benzene rings is 1. The quantitative estimate of drug-likeness (QED) is 0.437. The Bertz CT molecular complexity index is 993. The number of carbonyl (C=O) groups is 2. The summed E-state index contributed by atoms with van der Waals surface area (Å²) in [6.45, 7) is 9.78. The first-order valence-electron chi connectivity index (χ1n) is 11.1. The van der Waals surface area contributed by atoms with Crippen LogP contribution in [0.15, 0.2) is 30.4 Å². The molecular formula is C24H31N3O4. The van der Waals surface area contributed by atoms with Gasteiger partial charge < -0.3 is 15.5 Å². The Balaban J connectivity index is 1.61. The molecule has 4 N–H and O–H groups in total. The maximum atomic E-state index is 12.9. The van der Waals surface area contributed by atoms with Crippen LogP contribution >= 0.6 is 0 Å². The molecule has 2 aliphatic heterocycles. The van der Waals surface area contributed by atoms with E-state index in [9.17, 15) is 19.8 Å². The van der Waals surface area contributed by atoms with Crippen LogP contribution in [-0.2, 0) is 10.2 Å². The Kier molecular flexibility index (Phi) is 4.34. The highest BCUT2D eigenvalue weighted by Crippen LogP contribution is 2.65. The third-order valence-corrected chi connectivity index (χ3v) is 8.35. The summed E-state index contributed by atoms with van der Waals surface area (Å²) in [5.41, 5.74) is 0.202. The lowest BCUT2D eigenvalue weighted by Crippen LogP contribution is -2.70. The molecule has 2 saturated heterocycles. The summed E-state index contributed by atoms with van der Waals surface area (Å²) < 4.78 is 0. The first-order valence-corrected chi connectivity index (χ1v) is 11.1. The number of nitrogens with zero attached hydrogens (tertiary/aromatic N) is 1. The summed E-state index contributed by atoms with van der Waals surface area (Å²) in [6.07, 6.45) is 2.77. The number of hydrogen-bond donors (Lipinski definition) is 4. The zero-order valence-electron chi connectivity index (χ0n) is 18.2. The fourth-order valence-electron chi connectivity index (χ4n) is 7.03. The lowest BCUT2D eigenvalue weighted by atomic mass is 9.55. The Labute approximate surface area is 182 Å². The second-order valence-corrected chi connectivity index (χ2v) is 10.3. The number of amides is 3. The van der Waals surface area contributed by atoms with Gasteiger partial charge in [0, 0.05) is 24.5 Å². The highest BCUT2D eigenvalue weighted by atomic mass is 16.3. The molecule has 0 aromatic heterocycles. The summed E-state index contributed by atoms with van der Waals surface area (Å²) >= 11 is 0. The van der Waals surface area contributed by atoms with Crippen molar-refractivity contribution >= 4 is 11.9 Å². The predicted octanol–water partition coefficient (Wildman–Crippen LogP) is 2.10. The molecule has 31 heavy (non-hydrogen) atoms. The van der Waals surface area contributed by atoms with Gasteiger partial charge in [0.15, 0.2) is 0 Å². The van der Waals surface area contributed by atoms with Gasteiger partial charge in [0.25, 0.3) is 5.91 Å². The first kappa shape index (κ1) is 20.5. The van der Waals surface area contributed by atoms with Gasteiger partial charge in [-0.05, 0) is 75.1 Å². The van der Waals surface area contributed by atoms with E-state index in [2.05, 4.69) is 22.1 Å². The molecule has 0 radical (unpaired) electrons. The number of aliphatic hydroxyl groups is 1. The molecular weight excluding hydrogens is 394 g/mol. The number of nitrogens with one attached hydrogen (secondary N) is 2. The highest BCUT2D eigenvalue weighted by Gasteiger charge is 2.73. The average Bonchev–Trinajstić information content (AvgIpc) is 3.05. The molecule has 7 nitrogen and oxygen atoms in total. The van der Waals surface area contributed by atoms with Crippen molar-refractivity contribution in [1.82, 2.24) is 15.5 Å². The molecule has 4 aliphatic rings. The van der Waals surface area contributed by atoms with Crippen LogP contribution in [0, 0.1) is 12.8 Å². The number of fused-ring (bicyclic) bond motifs is 3. The van der Waals surface area contributed by atoms with Gasteiger partial charge in [-0.1, -0.05) is 11.6 Å². The van der Waals surface area contributed by atoms with E-state index in [-0.39, 0.29) is 17.7 Å². The minimum absolute atomic E-state index is 0.00566. The number of urea groups is 1. The molecule has 0 bridgehead atoms. The lowest BCUT2D eigenvalue weighted by Gasteiger charge is -2.57. The molecule has 3 amide bonds. The number of imide groups is 1. The number of aryl methyl sites for hydroxylation is 1. The molecule has 166 valence electrons. The Morgan fingerprint density at radius 3 is 2.77 bits per heavy atom. The van der Waals surface area contributed by atoms with Crippen LogP contribution in [0.2, 0.25) is 0 Å². The molecule has 5 rings (SSSR count). The number of hydrogen-bond acceptors (Lipinski definition) is 5. The van der Waals surface area contributed by atoms with E-state index in [0.717, 1.165) is 42.6 Å². The van der Waals surface area contributed by atoms with Crippen LogP contribution in [0.5, 0.6) is 5.75 Å². The summed E-state index contributed by atoms with van der Waals surface area (Å²) in [5.74, 6) is 0.151. The van der Waals surface area contributed by atoms with Gasteiger partial charge >= 0.3 is 6.03 Å². The van der Waals surface area contributed by atoms with Crippen LogP contribution in [0.3, 0.4) is 0 Å². The third-order valence-electron chi connectivity index (χ3n) is 8.35. The monoisotopic (exact) mass is 425 g/mol. The van der Waals surface area contributed by atoms with E-state index in [1.165, 1.54) is 0 Å². The average molecular weight is 426 g/mol. The second-order valence-electron chi connectivity index (χ2n) is 10.3. The molecule has 1 aromatic rings. The van der Waals surface area contributed by atoms with Crippen molar-refractivity contribution in [3.63, 3.8) is 0 Å². The normalized spacial score (nSPS) is 38.9. The fraction of sp³-hybridized carbons (Fsp3) is 0.583. The van der Waals surface area contributed by atoms with Crippen LogP contribution < -0.4 is 10.6 Å². The van der Waals surface area contributed by atoms with Crippen molar-refractivity contribution in [1.29, 1.82) is 0 Å². The van der Waals surface area contributed by atoms with E-state index < -0.39 is 22.6 Å². The minimum atomic E-state index is -1.04. The van der Waals surface area contributed by atoms with Gasteiger partial charge in [0.05, 0.1) is 5.60 Å². The summed E-state index contributed by atoms with van der Waals surface area (Å²) in [5, 5.41) is 28.0. The van der Waals surface area contributed by atoms with Crippen LogP contribution in [0.1, 0.15) is 50.2 Å². The molecule has 5 atom stereocenters. The zero-order valence-corrected chi connectivity index (χ0v) is 18.2. The maximum Gasteiger partial charge on any atom is 0.322 e. The molecule has 4 fully saturated rings. The molecule has 1 aromatic carbocycles. The van der Waals surface area contributed by atoms with Crippen LogP contribution in [0.4, 0.5) is 4.79 Å². The van der Waals surface area contributed by atoms with E-state index in [4.69, 9.17) is 0 Å². The van der Waals surface area contributed by atoms with Crippen molar-refractivity contribution in [2.24, 2.45) is 5.92 Å². The Morgan fingerprint density at radius 2 is 2.10 bits per heavy atom. The smallest absolute Gasteiger partial charge is 0.322 e. The lowest BCUT2D eigenvalue weighted by molar-refractivity contribution is -0.148. The second kappa shape index (κ2) is 6.56. The highest BCUT2D eigenvalue weighted by molar-refractivity contribution is 6.07. The van der Waals surface area contributed by atoms with Crippen LogP contribution in [-0.4, -0.2) is 57.3 Å². The number of aromatic hydroxyl groups is 1. The predicted molar refractivity (Wildman–Crippen MR) is 116 cm³/mol. The van der Waals surface area contributed by atoms with Gasteiger partial charge in [0.2, 0.25) is 0 Å². The number of phenols is 1. The SMILES string of the molecule is C=C(C)CCN1CC2C[C@]3(c4cc(O)ccc4C)C[C@]4(CC[C@@]3(O)[C@@H]21)NC(=O)NC4=O. The van der Waals surface area contributed by atoms with Crippen molar-refractivity contribution < 1.29 is 19.8 Å². The maximum absolute atomic E-state index is 12.9. The largest absolute Gasteiger partial charge is 0.508 e. The van der Waals surface area contributed by atoms with E-state index >= 15 is 0 Å². The molecule has 2 heterocycles. The van der Waals surface area contributed by atoms with Crippen molar-refractivity contribution in [2.75, 3.05) is 13.1 Å². The van der Waals surface area contributed by atoms with Crippen molar-refractivity contribution in [3.05, 3.63) is 41.5 Å². The van der Waals surface area contributed by atoms with Gasteiger partial charge in [-0.25, -0.2) is 4.79 Å². The summed E-state index contributed by atoms with van der Waals surface area (Å²) in [6, 6.07) is 4.80. The van der Waals surface area contributed by atoms with E-state index in [0.29, 0.717) is 25.2 Å². The number of carbonyl (C=O) groups excluding carboxylic acids is 2. The molecule has 2 aliphatic carbocycles. The molecule has 2 saturated carbocycles. The number of phenolic OH excluding ortho intramolecular Hbond substituents is 1. The number of likely N-dealkylation sites (tertiary alicyclic amines) is 1. The van der Waals surface area contributed by atoms with Gasteiger partial charge in [0.1, 0.15) is 11.3 Å². The third kappa shape index (κ3) is 2.72. The zero-order chi connectivity index (χ0) is 22.2.